The van der Waals surface area contributed by atoms with E-state index in [1.807, 2.05) is 36.4 Å². The molecule has 3 heteroatoms. The molecule has 0 radical (unpaired) electrons. The van der Waals surface area contributed by atoms with Gasteiger partial charge in [0.1, 0.15) is 6.07 Å². The van der Waals surface area contributed by atoms with Gasteiger partial charge in [-0.2, -0.15) is 5.26 Å². The van der Waals surface area contributed by atoms with Gasteiger partial charge in [-0.05, 0) is 24.3 Å². The molecule has 0 saturated carbocycles. The first-order valence-electron chi connectivity index (χ1n) is 4.51. The van der Waals surface area contributed by atoms with Crippen molar-refractivity contribution in [3.05, 3.63) is 48.2 Å². The van der Waals surface area contributed by atoms with Crippen molar-refractivity contribution < 1.29 is 0 Å². The van der Waals surface area contributed by atoms with Crippen LogP contribution in [-0.4, -0.2) is 4.98 Å². The topological polar surface area (TPSA) is 62.7 Å². The standard InChI is InChI=1S/C12H9N3/c13-7-9-4-5-12(15-8-9)10-2-1-3-11(14)6-10/h1-6,8H,14H2. The second-order valence-corrected chi connectivity index (χ2v) is 3.17. The highest BCUT2D eigenvalue weighted by molar-refractivity contribution is 5.64. The first kappa shape index (κ1) is 9.22. The summed E-state index contributed by atoms with van der Waals surface area (Å²) in [7, 11) is 0. The monoisotopic (exact) mass is 195 g/mol. The van der Waals surface area contributed by atoms with Gasteiger partial charge >= 0.3 is 0 Å². The molecule has 72 valence electrons. The van der Waals surface area contributed by atoms with E-state index in [0.29, 0.717) is 11.3 Å². The van der Waals surface area contributed by atoms with Gasteiger partial charge in [0.2, 0.25) is 0 Å². The molecule has 0 aliphatic rings. The number of nitrogens with zero attached hydrogens (tertiary/aromatic N) is 2. The largest absolute Gasteiger partial charge is 0.399 e. The Kier molecular flexibility index (Phi) is 2.34. The molecule has 0 amide bonds. The van der Waals surface area contributed by atoms with Crippen LogP contribution in [0.25, 0.3) is 11.3 Å². The van der Waals surface area contributed by atoms with Crippen LogP contribution in [0.4, 0.5) is 5.69 Å². The Morgan fingerprint density at radius 3 is 2.67 bits per heavy atom. The predicted octanol–water partition coefficient (Wildman–Crippen LogP) is 2.20. The lowest BCUT2D eigenvalue weighted by atomic mass is 10.1. The molecular formula is C12H9N3. The molecule has 2 rings (SSSR count). The van der Waals surface area contributed by atoms with E-state index in [9.17, 15) is 0 Å². The summed E-state index contributed by atoms with van der Waals surface area (Å²) in [6.45, 7) is 0. The van der Waals surface area contributed by atoms with Crippen molar-refractivity contribution >= 4 is 5.69 Å². The molecule has 0 atom stereocenters. The Balaban J connectivity index is 2.42. The van der Waals surface area contributed by atoms with Crippen LogP contribution < -0.4 is 5.73 Å². The van der Waals surface area contributed by atoms with E-state index in [0.717, 1.165) is 11.3 Å². The quantitative estimate of drug-likeness (QED) is 0.709. The van der Waals surface area contributed by atoms with Gasteiger partial charge in [0, 0.05) is 17.4 Å². The van der Waals surface area contributed by atoms with Crippen molar-refractivity contribution in [2.24, 2.45) is 0 Å². The molecule has 0 spiro atoms. The van der Waals surface area contributed by atoms with Gasteiger partial charge in [-0.3, -0.25) is 4.98 Å². The number of rotatable bonds is 1. The van der Waals surface area contributed by atoms with E-state index >= 15 is 0 Å². The minimum Gasteiger partial charge on any atom is -0.399 e. The van der Waals surface area contributed by atoms with E-state index in [1.54, 1.807) is 12.3 Å². The molecule has 0 fully saturated rings. The van der Waals surface area contributed by atoms with Gasteiger partial charge in [-0.1, -0.05) is 12.1 Å². The number of nitrogens with two attached hydrogens (primary N) is 1. The Hall–Kier alpha value is -2.34. The third kappa shape index (κ3) is 1.94. The zero-order chi connectivity index (χ0) is 10.7. The molecule has 0 saturated heterocycles. The van der Waals surface area contributed by atoms with Crippen LogP contribution in [0, 0.1) is 11.3 Å². The van der Waals surface area contributed by atoms with Crippen LogP contribution in [0.5, 0.6) is 0 Å². The molecule has 0 unspecified atom stereocenters. The van der Waals surface area contributed by atoms with Gasteiger partial charge < -0.3 is 5.73 Å². The zero-order valence-electron chi connectivity index (χ0n) is 8.01. The molecule has 0 aliphatic carbocycles. The van der Waals surface area contributed by atoms with Gasteiger partial charge in [0.05, 0.1) is 11.3 Å². The number of hydrogen-bond acceptors (Lipinski definition) is 3. The van der Waals surface area contributed by atoms with Crippen molar-refractivity contribution in [1.29, 1.82) is 5.26 Å². The second kappa shape index (κ2) is 3.81. The fourth-order valence-corrected chi connectivity index (χ4v) is 1.33. The van der Waals surface area contributed by atoms with E-state index in [2.05, 4.69) is 4.98 Å². The molecule has 2 N–H and O–H groups in total. The third-order valence-corrected chi connectivity index (χ3v) is 2.07. The average Bonchev–Trinajstić information content (AvgIpc) is 2.29. The summed E-state index contributed by atoms with van der Waals surface area (Å²) in [5.74, 6) is 0. The maximum atomic E-state index is 8.63. The highest BCUT2D eigenvalue weighted by Gasteiger charge is 1.99. The van der Waals surface area contributed by atoms with Crippen LogP contribution in [0.2, 0.25) is 0 Å². The normalized spacial score (nSPS) is 9.53. The minimum absolute atomic E-state index is 0.558. The fraction of sp³-hybridized carbons (Fsp3) is 0. The number of hydrogen-bond donors (Lipinski definition) is 1. The smallest absolute Gasteiger partial charge is 0.101 e. The average molecular weight is 195 g/mol. The maximum Gasteiger partial charge on any atom is 0.101 e. The van der Waals surface area contributed by atoms with Crippen LogP contribution in [0.15, 0.2) is 42.6 Å². The molecule has 3 nitrogen and oxygen atoms in total. The summed E-state index contributed by atoms with van der Waals surface area (Å²) in [4.78, 5) is 4.18. The molecule has 1 heterocycles. The lowest BCUT2D eigenvalue weighted by Crippen LogP contribution is -1.87. The summed E-state index contributed by atoms with van der Waals surface area (Å²) in [6.07, 6.45) is 1.55. The van der Waals surface area contributed by atoms with Crippen LogP contribution in [0.3, 0.4) is 0 Å². The Labute approximate surface area is 87.8 Å². The summed E-state index contributed by atoms with van der Waals surface area (Å²) in [5.41, 5.74) is 8.72. The maximum absolute atomic E-state index is 8.63. The predicted molar refractivity (Wildman–Crippen MR) is 58.8 cm³/mol. The summed E-state index contributed by atoms with van der Waals surface area (Å²) < 4.78 is 0. The highest BCUT2D eigenvalue weighted by atomic mass is 14.7. The first-order chi connectivity index (χ1) is 7.29. The molecule has 15 heavy (non-hydrogen) atoms. The van der Waals surface area contributed by atoms with Crippen LogP contribution >= 0.6 is 0 Å². The van der Waals surface area contributed by atoms with Crippen LogP contribution in [0.1, 0.15) is 5.56 Å². The minimum atomic E-state index is 0.558. The number of aromatic nitrogens is 1. The Bertz CT molecular complexity index is 509. The molecule has 1 aromatic carbocycles. The number of nitriles is 1. The number of anilines is 1. The van der Waals surface area contributed by atoms with Crippen molar-refractivity contribution in [3.8, 4) is 17.3 Å². The van der Waals surface area contributed by atoms with Crippen LogP contribution in [-0.2, 0) is 0 Å². The summed E-state index contributed by atoms with van der Waals surface area (Å²) in [5, 5.41) is 8.63. The molecule has 0 aliphatic heterocycles. The zero-order valence-corrected chi connectivity index (χ0v) is 8.01. The highest BCUT2D eigenvalue weighted by Crippen LogP contribution is 2.18. The number of pyridine rings is 1. The van der Waals surface area contributed by atoms with E-state index < -0.39 is 0 Å². The number of nitrogen functional groups attached to an aromatic ring is 1. The molecular weight excluding hydrogens is 186 g/mol. The van der Waals surface area contributed by atoms with E-state index in [-0.39, 0.29) is 0 Å². The molecule has 2 aromatic rings. The first-order valence-corrected chi connectivity index (χ1v) is 4.51. The molecule has 0 bridgehead atoms. The van der Waals surface area contributed by atoms with E-state index in [1.165, 1.54) is 0 Å². The second-order valence-electron chi connectivity index (χ2n) is 3.17. The number of benzene rings is 1. The van der Waals surface area contributed by atoms with Gasteiger partial charge in [-0.25, -0.2) is 0 Å². The lowest BCUT2D eigenvalue weighted by molar-refractivity contribution is 1.30. The van der Waals surface area contributed by atoms with Crippen molar-refractivity contribution in [2.75, 3.05) is 5.73 Å². The van der Waals surface area contributed by atoms with Gasteiger partial charge in [-0.15, -0.1) is 0 Å². The summed E-state index contributed by atoms with van der Waals surface area (Å²) >= 11 is 0. The Morgan fingerprint density at radius 2 is 2.07 bits per heavy atom. The fourth-order valence-electron chi connectivity index (χ4n) is 1.33. The SMILES string of the molecule is N#Cc1ccc(-c2cccc(N)c2)nc1. The van der Waals surface area contributed by atoms with Crippen molar-refractivity contribution in [3.63, 3.8) is 0 Å². The lowest BCUT2D eigenvalue weighted by Gasteiger charge is -2.01. The third-order valence-electron chi connectivity index (χ3n) is 2.07. The summed E-state index contributed by atoms with van der Waals surface area (Å²) in [6, 6.07) is 13.1. The van der Waals surface area contributed by atoms with Crippen molar-refractivity contribution in [2.45, 2.75) is 0 Å². The van der Waals surface area contributed by atoms with E-state index in [4.69, 9.17) is 11.0 Å². The van der Waals surface area contributed by atoms with Gasteiger partial charge in [0.15, 0.2) is 0 Å². The molecule has 1 aromatic heterocycles. The van der Waals surface area contributed by atoms with Gasteiger partial charge in [0.25, 0.3) is 0 Å². The Morgan fingerprint density at radius 1 is 1.20 bits per heavy atom. The van der Waals surface area contributed by atoms with Crippen molar-refractivity contribution in [1.82, 2.24) is 4.98 Å².